The highest BCUT2D eigenvalue weighted by molar-refractivity contribution is 5.79. The molecule has 2 fully saturated rings. The van der Waals surface area contributed by atoms with Gasteiger partial charge in [0.25, 0.3) is 0 Å². The van der Waals surface area contributed by atoms with E-state index in [1.165, 1.54) is 0 Å². The van der Waals surface area contributed by atoms with Gasteiger partial charge in [-0.15, -0.1) is 0 Å². The monoisotopic (exact) mass is 390 g/mol. The van der Waals surface area contributed by atoms with Crippen molar-refractivity contribution in [1.82, 2.24) is 24.8 Å². The molecule has 7 heteroatoms. The number of likely N-dealkylation sites (tertiary alicyclic amines) is 1. The maximum atomic E-state index is 13.0. The number of rotatable bonds is 3. The average Bonchev–Trinajstić information content (AvgIpc) is 3.24. The number of imidazole rings is 1. The van der Waals surface area contributed by atoms with Crippen molar-refractivity contribution in [3.8, 4) is 0 Å². The van der Waals surface area contributed by atoms with E-state index in [1.807, 2.05) is 18.2 Å². The molecule has 29 heavy (non-hydrogen) atoms. The van der Waals surface area contributed by atoms with Crippen LogP contribution in [0.2, 0.25) is 0 Å². The van der Waals surface area contributed by atoms with Gasteiger partial charge in [-0.05, 0) is 37.8 Å². The summed E-state index contributed by atoms with van der Waals surface area (Å²) in [7, 11) is 0. The summed E-state index contributed by atoms with van der Waals surface area (Å²) in [5.41, 5.74) is 2.12. The minimum absolute atomic E-state index is 0.130. The van der Waals surface area contributed by atoms with Gasteiger partial charge in [0.05, 0.1) is 17.2 Å². The number of aromatic amines is 1. The van der Waals surface area contributed by atoms with Crippen LogP contribution < -0.4 is 4.90 Å². The fourth-order valence-electron chi connectivity index (χ4n) is 4.61. The fraction of sp³-hybridized carbons (Fsp3) is 0.455. The summed E-state index contributed by atoms with van der Waals surface area (Å²) in [4.78, 5) is 34.1. The Bertz CT molecular complexity index is 938. The van der Waals surface area contributed by atoms with Crippen LogP contribution in [0.3, 0.4) is 0 Å². The highest BCUT2D eigenvalue weighted by Gasteiger charge is 2.32. The second-order valence-corrected chi connectivity index (χ2v) is 8.06. The van der Waals surface area contributed by atoms with Crippen LogP contribution in [0.5, 0.6) is 0 Å². The van der Waals surface area contributed by atoms with Crippen LogP contribution in [0.1, 0.15) is 37.4 Å². The number of piperidine rings is 2. The Morgan fingerprint density at radius 2 is 1.79 bits per heavy atom. The van der Waals surface area contributed by atoms with Crippen LogP contribution in [-0.4, -0.2) is 56.9 Å². The van der Waals surface area contributed by atoms with Crippen LogP contribution >= 0.6 is 0 Å². The Balaban J connectivity index is 1.15. The van der Waals surface area contributed by atoms with Crippen LogP contribution in [0.4, 0.5) is 5.82 Å². The molecule has 0 saturated carbocycles. The van der Waals surface area contributed by atoms with Crippen LogP contribution in [-0.2, 0) is 4.79 Å². The molecule has 5 rings (SSSR count). The van der Waals surface area contributed by atoms with E-state index in [-0.39, 0.29) is 5.92 Å². The lowest BCUT2D eigenvalue weighted by molar-refractivity contribution is -0.137. The molecular weight excluding hydrogens is 364 g/mol. The molecular formula is C22H26N6O. The molecule has 2 aliphatic rings. The van der Waals surface area contributed by atoms with Crippen molar-refractivity contribution < 1.29 is 4.79 Å². The molecule has 3 aromatic rings. The summed E-state index contributed by atoms with van der Waals surface area (Å²) in [6.07, 6.45) is 8.93. The highest BCUT2D eigenvalue weighted by Crippen LogP contribution is 2.30. The van der Waals surface area contributed by atoms with Gasteiger partial charge in [-0.1, -0.05) is 12.1 Å². The van der Waals surface area contributed by atoms with Crippen LogP contribution in [0.25, 0.3) is 11.0 Å². The lowest BCUT2D eigenvalue weighted by atomic mass is 9.92. The number of hydrogen-bond acceptors (Lipinski definition) is 5. The van der Waals surface area contributed by atoms with Gasteiger partial charge in [0.1, 0.15) is 11.6 Å². The number of fused-ring (bicyclic) bond motifs is 1. The van der Waals surface area contributed by atoms with Crippen molar-refractivity contribution in [2.45, 2.75) is 31.6 Å². The zero-order chi connectivity index (χ0) is 19.6. The number of para-hydroxylation sites is 2. The number of aromatic nitrogens is 4. The van der Waals surface area contributed by atoms with Gasteiger partial charge in [0.2, 0.25) is 5.91 Å². The maximum absolute atomic E-state index is 13.0. The first kappa shape index (κ1) is 18.1. The molecule has 0 atom stereocenters. The molecule has 2 aliphatic heterocycles. The van der Waals surface area contributed by atoms with Crippen molar-refractivity contribution in [3.05, 3.63) is 48.7 Å². The summed E-state index contributed by atoms with van der Waals surface area (Å²) in [5.74, 6) is 2.84. The lowest BCUT2D eigenvalue weighted by Crippen LogP contribution is -2.45. The summed E-state index contributed by atoms with van der Waals surface area (Å²) < 4.78 is 0. The predicted molar refractivity (Wildman–Crippen MR) is 112 cm³/mol. The first-order valence-corrected chi connectivity index (χ1v) is 10.5. The van der Waals surface area contributed by atoms with Crippen LogP contribution in [0, 0.1) is 5.92 Å². The molecule has 0 spiro atoms. The molecule has 1 N–H and O–H groups in total. The molecule has 0 unspecified atom stereocenters. The number of nitrogens with one attached hydrogen (secondary N) is 1. The van der Waals surface area contributed by atoms with Gasteiger partial charge in [-0.25, -0.2) is 9.97 Å². The molecule has 0 bridgehead atoms. The van der Waals surface area contributed by atoms with Crippen molar-refractivity contribution in [2.24, 2.45) is 5.92 Å². The van der Waals surface area contributed by atoms with Gasteiger partial charge in [-0.2, -0.15) is 0 Å². The summed E-state index contributed by atoms with van der Waals surface area (Å²) in [6.45, 7) is 3.38. The topological polar surface area (TPSA) is 78.0 Å². The molecule has 150 valence electrons. The standard InChI is InChI=1S/C22H26N6O/c29-22(17-7-11-27(12-8-17)20-15-23-9-10-24-20)28-13-5-16(6-14-28)21-25-18-3-1-2-4-19(18)26-21/h1-4,9-10,15-17H,5-8,11-14H2,(H,25,26). The van der Waals surface area contributed by atoms with Gasteiger partial charge >= 0.3 is 0 Å². The van der Waals surface area contributed by atoms with E-state index in [4.69, 9.17) is 4.98 Å². The highest BCUT2D eigenvalue weighted by atomic mass is 16.2. The number of hydrogen-bond donors (Lipinski definition) is 1. The molecule has 0 aliphatic carbocycles. The molecule has 0 radical (unpaired) electrons. The Kier molecular flexibility index (Phi) is 4.87. The number of anilines is 1. The van der Waals surface area contributed by atoms with Gasteiger partial charge in [0, 0.05) is 50.4 Å². The Morgan fingerprint density at radius 3 is 2.52 bits per heavy atom. The number of nitrogens with zero attached hydrogens (tertiary/aromatic N) is 5. The Labute approximate surface area is 170 Å². The predicted octanol–water partition coefficient (Wildman–Crippen LogP) is 2.98. The van der Waals surface area contributed by atoms with Crippen molar-refractivity contribution in [2.75, 3.05) is 31.1 Å². The van der Waals surface area contributed by atoms with E-state index in [0.29, 0.717) is 11.8 Å². The Morgan fingerprint density at radius 1 is 1.00 bits per heavy atom. The smallest absolute Gasteiger partial charge is 0.225 e. The largest absolute Gasteiger partial charge is 0.355 e. The van der Waals surface area contributed by atoms with Crippen molar-refractivity contribution in [1.29, 1.82) is 0 Å². The van der Waals surface area contributed by atoms with Crippen molar-refractivity contribution >= 4 is 22.8 Å². The molecule has 2 aromatic heterocycles. The third-order valence-corrected chi connectivity index (χ3v) is 6.32. The first-order chi connectivity index (χ1) is 14.3. The number of benzene rings is 1. The second kappa shape index (κ2) is 7.81. The average molecular weight is 390 g/mol. The second-order valence-electron chi connectivity index (χ2n) is 8.06. The third-order valence-electron chi connectivity index (χ3n) is 6.32. The van der Waals surface area contributed by atoms with E-state index in [9.17, 15) is 4.79 Å². The number of amides is 1. The summed E-state index contributed by atoms with van der Waals surface area (Å²) in [6, 6.07) is 8.16. The number of carbonyl (C=O) groups excluding carboxylic acids is 1. The number of H-pyrrole nitrogens is 1. The quantitative estimate of drug-likeness (QED) is 0.744. The zero-order valence-electron chi connectivity index (χ0n) is 16.5. The lowest BCUT2D eigenvalue weighted by Gasteiger charge is -2.37. The van der Waals surface area contributed by atoms with Crippen LogP contribution in [0.15, 0.2) is 42.9 Å². The minimum atomic E-state index is 0.130. The van der Waals surface area contributed by atoms with E-state index in [0.717, 1.165) is 74.5 Å². The molecule has 4 heterocycles. The SMILES string of the molecule is O=C(C1CCN(c2cnccn2)CC1)N1CCC(c2nc3ccccc3[nH]2)CC1. The normalized spacial score (nSPS) is 19.0. The Hall–Kier alpha value is -2.96. The fourth-order valence-corrected chi connectivity index (χ4v) is 4.61. The van der Waals surface area contributed by atoms with Gasteiger partial charge in [0.15, 0.2) is 0 Å². The van der Waals surface area contributed by atoms with Crippen molar-refractivity contribution in [3.63, 3.8) is 0 Å². The molecule has 7 nitrogen and oxygen atoms in total. The van der Waals surface area contributed by atoms with Gasteiger partial charge < -0.3 is 14.8 Å². The summed E-state index contributed by atoms with van der Waals surface area (Å²) in [5, 5.41) is 0. The molecule has 1 amide bonds. The van der Waals surface area contributed by atoms with E-state index < -0.39 is 0 Å². The minimum Gasteiger partial charge on any atom is -0.355 e. The van der Waals surface area contributed by atoms with E-state index in [2.05, 4.69) is 30.8 Å². The zero-order valence-corrected chi connectivity index (χ0v) is 16.5. The maximum Gasteiger partial charge on any atom is 0.225 e. The molecule has 1 aromatic carbocycles. The van der Waals surface area contributed by atoms with Gasteiger partial charge in [-0.3, -0.25) is 9.78 Å². The van der Waals surface area contributed by atoms with E-state index >= 15 is 0 Å². The first-order valence-electron chi connectivity index (χ1n) is 10.5. The third kappa shape index (κ3) is 3.69. The molecule has 2 saturated heterocycles. The van der Waals surface area contributed by atoms with E-state index in [1.54, 1.807) is 18.6 Å². The summed E-state index contributed by atoms with van der Waals surface area (Å²) >= 11 is 0. The number of carbonyl (C=O) groups is 1.